The Balaban J connectivity index is 1.23. The minimum atomic E-state index is -0.275. The number of nitrogens with one attached hydrogen (secondary N) is 2. The Labute approximate surface area is 233 Å². The highest BCUT2D eigenvalue weighted by molar-refractivity contribution is 6.32. The Bertz CT molecular complexity index is 1480. The fourth-order valence-corrected chi connectivity index (χ4v) is 6.00. The van der Waals surface area contributed by atoms with Gasteiger partial charge in [0.25, 0.3) is 5.69 Å². The summed E-state index contributed by atoms with van der Waals surface area (Å²) in [5.74, 6) is 0.109. The van der Waals surface area contributed by atoms with Crippen LogP contribution in [-0.4, -0.2) is 67.0 Å². The van der Waals surface area contributed by atoms with Crippen molar-refractivity contribution in [3.63, 3.8) is 0 Å². The highest BCUT2D eigenvalue weighted by atomic mass is 16.5. The van der Waals surface area contributed by atoms with Crippen LogP contribution in [-0.2, 0) is 9.53 Å². The minimum Gasteiger partial charge on any atom is -0.468 e. The van der Waals surface area contributed by atoms with Gasteiger partial charge in [0.15, 0.2) is 11.5 Å². The zero-order valence-electron chi connectivity index (χ0n) is 22.9. The summed E-state index contributed by atoms with van der Waals surface area (Å²) in [6, 6.07) is 8.85. The van der Waals surface area contributed by atoms with Crippen molar-refractivity contribution in [3.05, 3.63) is 76.4 Å². The molecule has 0 aromatic heterocycles. The SMILES string of the molecule is CCOC(=O)C1CCN(CCCNc2cc3c(c4c2C(=O)c2ccccc2C4=O)[NH+]=C2C=CC(C)=CC2O3)CC1. The number of ether oxygens (including phenoxy) is 2. The number of nitrogens with zero attached hydrogens (tertiary/aromatic N) is 1. The molecule has 0 radical (unpaired) electrons. The van der Waals surface area contributed by atoms with Crippen molar-refractivity contribution in [2.45, 2.75) is 39.2 Å². The van der Waals surface area contributed by atoms with Crippen LogP contribution in [0.15, 0.2) is 54.1 Å². The first-order valence-corrected chi connectivity index (χ1v) is 14.1. The van der Waals surface area contributed by atoms with E-state index in [-0.39, 0.29) is 29.6 Å². The number of benzene rings is 2. The van der Waals surface area contributed by atoms with Gasteiger partial charge in [-0.3, -0.25) is 14.4 Å². The number of rotatable bonds is 7. The third-order valence-corrected chi connectivity index (χ3v) is 8.11. The molecule has 0 saturated carbocycles. The Morgan fingerprint density at radius 3 is 2.55 bits per heavy atom. The lowest BCUT2D eigenvalue weighted by Gasteiger charge is -2.30. The summed E-state index contributed by atoms with van der Waals surface area (Å²) in [4.78, 5) is 45.4. The number of esters is 1. The minimum absolute atomic E-state index is 0.00701. The predicted molar refractivity (Wildman–Crippen MR) is 152 cm³/mol. The molecule has 0 amide bonds. The van der Waals surface area contributed by atoms with E-state index in [1.807, 2.05) is 38.1 Å². The molecule has 6 rings (SSSR count). The molecule has 1 saturated heterocycles. The molecule has 1 atom stereocenters. The highest BCUT2D eigenvalue weighted by Gasteiger charge is 2.41. The van der Waals surface area contributed by atoms with Crippen LogP contribution in [0.1, 0.15) is 65.0 Å². The fraction of sp³-hybridized carbons (Fsp3) is 0.375. The van der Waals surface area contributed by atoms with E-state index >= 15 is 0 Å². The maximum Gasteiger partial charge on any atom is 0.309 e. The van der Waals surface area contributed by atoms with Crippen molar-refractivity contribution in [3.8, 4) is 5.75 Å². The van der Waals surface area contributed by atoms with Crippen molar-refractivity contribution < 1.29 is 28.8 Å². The summed E-state index contributed by atoms with van der Waals surface area (Å²) >= 11 is 0. The van der Waals surface area contributed by atoms with Gasteiger partial charge in [0.05, 0.1) is 23.8 Å². The topological polar surface area (TPSA) is 98.9 Å². The molecule has 206 valence electrons. The van der Waals surface area contributed by atoms with Crippen molar-refractivity contribution in [2.24, 2.45) is 5.92 Å². The first-order valence-electron chi connectivity index (χ1n) is 14.1. The number of hydrogen-bond donors (Lipinski definition) is 2. The van der Waals surface area contributed by atoms with Gasteiger partial charge in [-0.15, -0.1) is 0 Å². The summed E-state index contributed by atoms with van der Waals surface area (Å²) in [6.45, 7) is 7.51. The van der Waals surface area contributed by atoms with Crippen molar-refractivity contribution >= 4 is 34.6 Å². The maximum absolute atomic E-state index is 13.8. The zero-order valence-corrected chi connectivity index (χ0v) is 22.9. The molecule has 40 heavy (non-hydrogen) atoms. The molecule has 0 bridgehead atoms. The number of fused-ring (bicyclic) bond motifs is 5. The van der Waals surface area contributed by atoms with Crippen LogP contribution in [0.3, 0.4) is 0 Å². The van der Waals surface area contributed by atoms with Crippen molar-refractivity contribution in [1.82, 2.24) is 4.90 Å². The summed E-state index contributed by atoms with van der Waals surface area (Å²) < 4.78 is 11.5. The molecule has 0 spiro atoms. The molecule has 2 aromatic carbocycles. The molecule has 2 aliphatic carbocycles. The van der Waals surface area contributed by atoms with E-state index in [0.717, 1.165) is 50.2 Å². The summed E-state index contributed by atoms with van der Waals surface area (Å²) in [7, 11) is 0. The van der Waals surface area contributed by atoms with E-state index < -0.39 is 0 Å². The third-order valence-electron chi connectivity index (χ3n) is 8.11. The van der Waals surface area contributed by atoms with Gasteiger partial charge in [-0.1, -0.05) is 35.9 Å². The Morgan fingerprint density at radius 1 is 1.10 bits per heavy atom. The smallest absolute Gasteiger partial charge is 0.309 e. The van der Waals surface area contributed by atoms with Crippen LogP contribution in [0.4, 0.5) is 11.4 Å². The van der Waals surface area contributed by atoms with E-state index in [1.165, 1.54) is 0 Å². The fourth-order valence-electron chi connectivity index (χ4n) is 6.00. The van der Waals surface area contributed by atoms with Crippen LogP contribution in [0.25, 0.3) is 0 Å². The number of anilines is 1. The number of piperidine rings is 1. The number of ketones is 2. The quantitative estimate of drug-likeness (QED) is 0.351. The maximum atomic E-state index is 13.8. The van der Waals surface area contributed by atoms with Gasteiger partial charge in [-0.05, 0) is 58.8 Å². The first-order chi connectivity index (χ1) is 19.4. The molecular formula is C32H34N3O5+. The first kappa shape index (κ1) is 26.2. The molecule has 4 aliphatic rings. The van der Waals surface area contributed by atoms with Crippen molar-refractivity contribution in [1.29, 1.82) is 0 Å². The standard InChI is InChI=1S/C32H33N3O5/c1-3-39-32(38)20-11-15-35(16-12-20)14-6-13-33-24-18-26-29(34-23-10-9-19(2)17-25(23)40-26)28-27(24)30(36)21-7-4-5-8-22(21)31(28)37/h4-5,7-10,17-18,20,25,33H,3,6,11-16H2,1-2H3/p+1. The lowest BCUT2D eigenvalue weighted by atomic mass is 9.81. The number of hydrogen-bond acceptors (Lipinski definition) is 7. The largest absolute Gasteiger partial charge is 0.468 e. The van der Waals surface area contributed by atoms with Crippen molar-refractivity contribution in [2.75, 3.05) is 38.1 Å². The van der Waals surface area contributed by atoms with Gasteiger partial charge < -0.3 is 19.7 Å². The van der Waals surface area contributed by atoms with E-state index in [2.05, 4.69) is 15.2 Å². The van der Waals surface area contributed by atoms with Crippen LogP contribution >= 0.6 is 0 Å². The van der Waals surface area contributed by atoms with Gasteiger partial charge >= 0.3 is 5.97 Å². The summed E-state index contributed by atoms with van der Waals surface area (Å²) in [5, 5.41) is 3.45. The monoisotopic (exact) mass is 540 g/mol. The van der Waals surface area contributed by atoms with E-state index in [0.29, 0.717) is 52.5 Å². The van der Waals surface area contributed by atoms with Gasteiger partial charge in [0, 0.05) is 29.8 Å². The average Bonchev–Trinajstić information content (AvgIpc) is 2.97. The second-order valence-corrected chi connectivity index (χ2v) is 10.8. The average molecular weight is 541 g/mol. The molecule has 1 fully saturated rings. The number of carbonyl (C=O) groups excluding carboxylic acids is 3. The van der Waals surface area contributed by atoms with Crippen LogP contribution in [0.2, 0.25) is 0 Å². The van der Waals surface area contributed by atoms with Crippen LogP contribution in [0, 0.1) is 5.92 Å². The van der Waals surface area contributed by atoms with E-state index in [1.54, 1.807) is 24.3 Å². The molecular weight excluding hydrogens is 506 g/mol. The Morgan fingerprint density at radius 2 is 1.82 bits per heavy atom. The second-order valence-electron chi connectivity index (χ2n) is 10.8. The molecule has 1 unspecified atom stereocenters. The molecule has 2 aromatic rings. The van der Waals surface area contributed by atoms with Gasteiger partial charge in [0.2, 0.25) is 17.6 Å². The normalized spacial score (nSPS) is 19.9. The van der Waals surface area contributed by atoms with Crippen LogP contribution in [0.5, 0.6) is 5.75 Å². The lowest BCUT2D eigenvalue weighted by Crippen LogP contribution is -2.72. The number of allylic oxidation sites excluding steroid dienone is 2. The van der Waals surface area contributed by atoms with E-state index in [4.69, 9.17) is 9.47 Å². The highest BCUT2D eigenvalue weighted by Crippen LogP contribution is 2.41. The Hall–Kier alpha value is -4.04. The van der Waals surface area contributed by atoms with Crippen LogP contribution < -0.4 is 15.0 Å². The van der Waals surface area contributed by atoms with Gasteiger partial charge in [0.1, 0.15) is 5.56 Å². The van der Waals surface area contributed by atoms with Gasteiger partial charge in [-0.2, -0.15) is 0 Å². The number of likely N-dealkylation sites (tertiary alicyclic amines) is 1. The molecule has 2 N–H and O–H groups in total. The van der Waals surface area contributed by atoms with Gasteiger partial charge in [-0.25, -0.2) is 4.99 Å². The molecule has 2 heterocycles. The predicted octanol–water partition coefficient (Wildman–Crippen LogP) is 2.97. The van der Waals surface area contributed by atoms with E-state index in [9.17, 15) is 14.4 Å². The third kappa shape index (κ3) is 4.77. The number of carbonyl (C=O) groups is 3. The molecule has 8 heteroatoms. The molecule has 8 nitrogen and oxygen atoms in total. The Kier molecular flexibility index (Phi) is 7.11. The summed E-state index contributed by atoms with van der Waals surface area (Å²) in [6.07, 6.45) is 8.19. The lowest BCUT2D eigenvalue weighted by molar-refractivity contribution is -0.362. The molecule has 2 aliphatic heterocycles. The summed E-state index contributed by atoms with van der Waals surface area (Å²) in [5.41, 5.74) is 4.67. The zero-order chi connectivity index (χ0) is 27.8. The second kappa shape index (κ2) is 10.8.